The van der Waals surface area contributed by atoms with Crippen molar-refractivity contribution >= 4 is 5.91 Å². The van der Waals surface area contributed by atoms with E-state index in [1.165, 1.54) is 11.1 Å². The minimum absolute atomic E-state index is 0.0417. The fourth-order valence-electron chi connectivity index (χ4n) is 3.52. The molecular weight excluding hydrogens is 336 g/mol. The van der Waals surface area contributed by atoms with E-state index in [4.69, 9.17) is 0 Å². The molecule has 2 aromatic carbocycles. The molecule has 1 N–H and O–H groups in total. The molecule has 0 saturated heterocycles. The largest absolute Gasteiger partial charge is 0.355 e. The zero-order valence-electron chi connectivity index (χ0n) is 15.3. The molecule has 27 heavy (non-hydrogen) atoms. The van der Waals surface area contributed by atoms with Crippen LogP contribution in [0, 0.1) is 0 Å². The lowest BCUT2D eigenvalue weighted by Crippen LogP contribution is -2.38. The molecule has 4 rings (SSSR count). The number of carbonyl (C=O) groups is 1. The molecule has 3 aromatic rings. The van der Waals surface area contributed by atoms with E-state index in [1.54, 1.807) is 10.9 Å². The maximum Gasteiger partial charge on any atom is 0.224 e. The number of fused-ring (bicyclic) bond motifs is 1. The monoisotopic (exact) mass is 360 g/mol. The lowest BCUT2D eigenvalue weighted by atomic mass is 10.00. The molecule has 1 aliphatic heterocycles. The molecule has 0 atom stereocenters. The van der Waals surface area contributed by atoms with E-state index in [2.05, 4.69) is 39.6 Å². The Labute approximate surface area is 159 Å². The van der Waals surface area contributed by atoms with Gasteiger partial charge in [0.05, 0.1) is 18.3 Å². The summed E-state index contributed by atoms with van der Waals surface area (Å²) in [5.41, 5.74) is 4.77. The van der Waals surface area contributed by atoms with Gasteiger partial charge < -0.3 is 5.32 Å². The second-order valence-electron chi connectivity index (χ2n) is 6.95. The van der Waals surface area contributed by atoms with Crippen LogP contribution in [-0.4, -0.2) is 40.2 Å². The molecule has 2 heterocycles. The number of nitrogens with zero attached hydrogens (tertiary/aromatic N) is 3. The van der Waals surface area contributed by atoms with Gasteiger partial charge >= 0.3 is 0 Å². The van der Waals surface area contributed by atoms with Gasteiger partial charge in [0, 0.05) is 32.4 Å². The molecule has 1 amide bonds. The first kappa shape index (κ1) is 17.5. The van der Waals surface area contributed by atoms with Crippen LogP contribution in [-0.2, 0) is 24.2 Å². The predicted molar refractivity (Wildman–Crippen MR) is 106 cm³/mol. The summed E-state index contributed by atoms with van der Waals surface area (Å²) in [6, 6.07) is 18.5. The third-order valence-corrected chi connectivity index (χ3v) is 4.98. The Bertz CT molecular complexity index is 903. The summed E-state index contributed by atoms with van der Waals surface area (Å²) in [7, 11) is 0. The number of aromatic nitrogens is 2. The number of hydrogen-bond donors (Lipinski definition) is 1. The van der Waals surface area contributed by atoms with E-state index in [-0.39, 0.29) is 5.91 Å². The third-order valence-electron chi connectivity index (χ3n) is 4.98. The van der Waals surface area contributed by atoms with Crippen molar-refractivity contribution in [3.63, 3.8) is 0 Å². The number of carbonyl (C=O) groups excluding carboxylic acids is 1. The Morgan fingerprint density at radius 3 is 2.67 bits per heavy atom. The highest BCUT2D eigenvalue weighted by atomic mass is 16.1. The first-order chi connectivity index (χ1) is 13.3. The normalized spacial score (nSPS) is 13.9. The fraction of sp³-hybridized carbons (Fsp3) is 0.273. The van der Waals surface area contributed by atoms with Crippen LogP contribution < -0.4 is 5.32 Å². The van der Waals surface area contributed by atoms with E-state index < -0.39 is 0 Å². The number of para-hydroxylation sites is 1. The van der Waals surface area contributed by atoms with Crippen LogP contribution in [0.25, 0.3) is 5.69 Å². The summed E-state index contributed by atoms with van der Waals surface area (Å²) in [5, 5.41) is 7.38. The average Bonchev–Trinajstić information content (AvgIpc) is 3.17. The van der Waals surface area contributed by atoms with Gasteiger partial charge in [0.15, 0.2) is 0 Å². The average molecular weight is 360 g/mol. The third kappa shape index (κ3) is 4.44. The van der Waals surface area contributed by atoms with Gasteiger partial charge in [0.25, 0.3) is 0 Å². The van der Waals surface area contributed by atoms with Crippen molar-refractivity contribution in [2.75, 3.05) is 19.6 Å². The predicted octanol–water partition coefficient (Wildman–Crippen LogP) is 2.59. The second-order valence-corrected chi connectivity index (χ2v) is 6.95. The molecule has 5 nitrogen and oxygen atoms in total. The molecule has 0 spiro atoms. The first-order valence-corrected chi connectivity index (χ1v) is 9.43. The first-order valence-electron chi connectivity index (χ1n) is 9.43. The molecule has 0 unspecified atom stereocenters. The highest BCUT2D eigenvalue weighted by Gasteiger charge is 2.15. The molecule has 1 aliphatic rings. The number of amides is 1. The van der Waals surface area contributed by atoms with Crippen molar-refractivity contribution in [2.45, 2.75) is 19.4 Å². The molecule has 0 bridgehead atoms. The highest BCUT2D eigenvalue weighted by molar-refractivity contribution is 5.78. The van der Waals surface area contributed by atoms with Crippen LogP contribution in [0.2, 0.25) is 0 Å². The number of hydrogen-bond acceptors (Lipinski definition) is 3. The fourth-order valence-corrected chi connectivity index (χ4v) is 3.52. The SMILES string of the molecule is O=C(Cc1cnn(-c2ccccc2)c1)NCCN1CCc2ccccc2C1. The zero-order valence-corrected chi connectivity index (χ0v) is 15.3. The minimum Gasteiger partial charge on any atom is -0.355 e. The van der Waals surface area contributed by atoms with E-state index in [9.17, 15) is 4.79 Å². The van der Waals surface area contributed by atoms with Crippen molar-refractivity contribution in [3.05, 3.63) is 83.7 Å². The van der Waals surface area contributed by atoms with Crippen molar-refractivity contribution in [3.8, 4) is 5.69 Å². The molecular formula is C22H24N4O. The maximum atomic E-state index is 12.2. The van der Waals surface area contributed by atoms with Crippen LogP contribution in [0.5, 0.6) is 0 Å². The van der Waals surface area contributed by atoms with Crippen LogP contribution in [0.4, 0.5) is 0 Å². The van der Waals surface area contributed by atoms with Crippen molar-refractivity contribution in [1.82, 2.24) is 20.0 Å². The summed E-state index contributed by atoms with van der Waals surface area (Å²) in [6.45, 7) is 3.57. The van der Waals surface area contributed by atoms with Gasteiger partial charge in [-0.25, -0.2) is 4.68 Å². The smallest absolute Gasteiger partial charge is 0.224 e. The number of benzene rings is 2. The van der Waals surface area contributed by atoms with Crippen LogP contribution in [0.1, 0.15) is 16.7 Å². The quantitative estimate of drug-likeness (QED) is 0.735. The lowest BCUT2D eigenvalue weighted by Gasteiger charge is -2.28. The molecule has 1 aromatic heterocycles. The number of rotatable bonds is 6. The summed E-state index contributed by atoms with van der Waals surface area (Å²) >= 11 is 0. The Kier molecular flexibility index (Phi) is 5.30. The molecule has 5 heteroatoms. The molecule has 138 valence electrons. The molecule has 0 radical (unpaired) electrons. The Morgan fingerprint density at radius 2 is 1.81 bits per heavy atom. The Morgan fingerprint density at radius 1 is 1.04 bits per heavy atom. The van der Waals surface area contributed by atoms with E-state index in [0.717, 1.165) is 37.3 Å². The van der Waals surface area contributed by atoms with Gasteiger partial charge in [-0.3, -0.25) is 9.69 Å². The summed E-state index contributed by atoms with van der Waals surface area (Å²) in [5.74, 6) is 0.0417. The lowest BCUT2D eigenvalue weighted by molar-refractivity contribution is -0.120. The minimum atomic E-state index is 0.0417. The van der Waals surface area contributed by atoms with Crippen molar-refractivity contribution in [2.24, 2.45) is 0 Å². The van der Waals surface area contributed by atoms with Crippen LogP contribution in [0.15, 0.2) is 67.0 Å². The van der Waals surface area contributed by atoms with Gasteiger partial charge in [0.1, 0.15) is 0 Å². The van der Waals surface area contributed by atoms with E-state index >= 15 is 0 Å². The van der Waals surface area contributed by atoms with Gasteiger partial charge in [-0.2, -0.15) is 5.10 Å². The number of nitrogens with one attached hydrogen (secondary N) is 1. The van der Waals surface area contributed by atoms with Gasteiger partial charge in [-0.1, -0.05) is 42.5 Å². The summed E-state index contributed by atoms with van der Waals surface area (Å²) in [6.07, 6.45) is 5.11. The molecule has 0 saturated carbocycles. The summed E-state index contributed by atoms with van der Waals surface area (Å²) in [4.78, 5) is 14.6. The maximum absolute atomic E-state index is 12.2. The van der Waals surface area contributed by atoms with E-state index in [0.29, 0.717) is 13.0 Å². The highest BCUT2D eigenvalue weighted by Crippen LogP contribution is 2.17. The molecule has 0 aliphatic carbocycles. The van der Waals surface area contributed by atoms with E-state index in [1.807, 2.05) is 36.5 Å². The van der Waals surface area contributed by atoms with Gasteiger partial charge in [-0.15, -0.1) is 0 Å². The van der Waals surface area contributed by atoms with Crippen molar-refractivity contribution < 1.29 is 4.79 Å². The van der Waals surface area contributed by atoms with Crippen molar-refractivity contribution in [1.29, 1.82) is 0 Å². The molecule has 0 fully saturated rings. The second kappa shape index (κ2) is 8.18. The van der Waals surface area contributed by atoms with Gasteiger partial charge in [-0.05, 0) is 35.2 Å². The van der Waals surface area contributed by atoms with Crippen LogP contribution in [0.3, 0.4) is 0 Å². The standard InChI is InChI=1S/C22H24N4O/c27-22(14-18-15-24-26(16-18)21-8-2-1-3-9-21)23-11-13-25-12-10-19-6-4-5-7-20(19)17-25/h1-9,15-16H,10-14,17H2,(H,23,27). The Hall–Kier alpha value is -2.92. The zero-order chi connectivity index (χ0) is 18.5. The van der Waals surface area contributed by atoms with Crippen LogP contribution >= 0.6 is 0 Å². The Balaban J connectivity index is 1.23. The van der Waals surface area contributed by atoms with Gasteiger partial charge in [0.2, 0.25) is 5.91 Å². The summed E-state index contributed by atoms with van der Waals surface area (Å²) < 4.78 is 1.80. The topological polar surface area (TPSA) is 50.2 Å².